The van der Waals surface area contributed by atoms with Gasteiger partial charge in [0.15, 0.2) is 0 Å². The van der Waals surface area contributed by atoms with Crippen LogP contribution in [-0.4, -0.2) is 31.2 Å². The molecule has 0 aliphatic carbocycles. The van der Waals surface area contributed by atoms with Crippen molar-refractivity contribution in [3.05, 3.63) is 0 Å². The highest BCUT2D eigenvalue weighted by atomic mass is 35.5. The van der Waals surface area contributed by atoms with Crippen LogP contribution in [0.5, 0.6) is 0 Å². The Morgan fingerprint density at radius 2 is 2.33 bits per heavy atom. The zero-order chi connectivity index (χ0) is 5.82. The third-order valence-corrected chi connectivity index (χ3v) is 1.58. The van der Waals surface area contributed by atoms with E-state index in [2.05, 4.69) is 17.1 Å². The van der Waals surface area contributed by atoms with Crippen LogP contribution in [0.4, 0.5) is 0 Å². The van der Waals surface area contributed by atoms with E-state index in [1.54, 1.807) is 0 Å². The fraction of sp³-hybridized carbons (Fsp3) is 1.00. The van der Waals surface area contributed by atoms with Crippen molar-refractivity contribution in [2.45, 2.75) is 13.3 Å². The van der Waals surface area contributed by atoms with Gasteiger partial charge < -0.3 is 17.7 Å². The van der Waals surface area contributed by atoms with Crippen molar-refractivity contribution in [1.29, 1.82) is 0 Å². The standard InChI is InChI=1S/C6H14N2.ClH/c1-2-4-8-5-3-7-6-8;/h7H,2-6H2,1H3;1H. The molecule has 0 spiro atoms. The number of halogens is 1. The molecule has 1 aliphatic rings. The van der Waals surface area contributed by atoms with Gasteiger partial charge in [0.05, 0.1) is 13.1 Å². The van der Waals surface area contributed by atoms with Gasteiger partial charge in [0, 0.05) is 6.54 Å². The smallest absolute Gasteiger partial charge is 0.132 e. The molecule has 0 atom stereocenters. The molecule has 1 heterocycles. The minimum atomic E-state index is 0. The first-order valence-electron chi connectivity index (χ1n) is 3.47. The quantitative estimate of drug-likeness (QED) is 0.429. The van der Waals surface area contributed by atoms with Crippen molar-refractivity contribution in [1.82, 2.24) is 4.90 Å². The Hall–Kier alpha value is 0.210. The van der Waals surface area contributed by atoms with Gasteiger partial charge in [-0.3, -0.25) is 4.90 Å². The molecular weight excluding hydrogens is 136 g/mol. The molecule has 0 aromatic carbocycles. The molecule has 0 bridgehead atoms. The van der Waals surface area contributed by atoms with Gasteiger partial charge in [-0.25, -0.2) is 0 Å². The van der Waals surface area contributed by atoms with Gasteiger partial charge in [-0.2, -0.15) is 0 Å². The second-order valence-corrected chi connectivity index (χ2v) is 2.38. The van der Waals surface area contributed by atoms with Crippen molar-refractivity contribution >= 4 is 0 Å². The van der Waals surface area contributed by atoms with Crippen LogP contribution in [0, 0.1) is 0 Å². The lowest BCUT2D eigenvalue weighted by molar-refractivity contribution is -0.642. The van der Waals surface area contributed by atoms with E-state index in [4.69, 9.17) is 0 Å². The predicted octanol–water partition coefficient (Wildman–Crippen LogP) is -3.76. The largest absolute Gasteiger partial charge is 1.00 e. The fourth-order valence-electron chi connectivity index (χ4n) is 1.16. The third-order valence-electron chi connectivity index (χ3n) is 1.58. The van der Waals surface area contributed by atoms with Crippen molar-refractivity contribution in [2.75, 3.05) is 26.3 Å². The molecule has 1 saturated heterocycles. The molecule has 0 amide bonds. The summed E-state index contributed by atoms with van der Waals surface area (Å²) in [5.74, 6) is 0. The molecule has 1 aliphatic heterocycles. The molecule has 0 unspecified atom stereocenters. The minimum absolute atomic E-state index is 0. The van der Waals surface area contributed by atoms with Crippen LogP contribution in [0.1, 0.15) is 13.3 Å². The second-order valence-electron chi connectivity index (χ2n) is 2.38. The normalized spacial score (nSPS) is 19.7. The van der Waals surface area contributed by atoms with E-state index in [0.29, 0.717) is 0 Å². The maximum absolute atomic E-state index is 2.49. The molecule has 1 rings (SSSR count). The number of hydrogen-bond donors (Lipinski definition) is 1. The average molecular weight is 151 g/mol. The van der Waals surface area contributed by atoms with E-state index in [9.17, 15) is 0 Å². The Balaban J connectivity index is 0.000000640. The van der Waals surface area contributed by atoms with Crippen LogP contribution in [0.15, 0.2) is 0 Å². The Kier molecular flexibility index (Phi) is 5.15. The molecular formula is C6H15ClN2. The first kappa shape index (κ1) is 9.21. The van der Waals surface area contributed by atoms with Crippen LogP contribution < -0.4 is 17.7 Å². The third kappa shape index (κ3) is 3.04. The van der Waals surface area contributed by atoms with Gasteiger partial charge in [0.2, 0.25) is 0 Å². The number of hydrogen-bond acceptors (Lipinski definition) is 1. The molecule has 1 fully saturated rings. The highest BCUT2D eigenvalue weighted by Crippen LogP contribution is 1.87. The fourth-order valence-corrected chi connectivity index (χ4v) is 1.16. The van der Waals surface area contributed by atoms with E-state index >= 15 is 0 Å². The van der Waals surface area contributed by atoms with E-state index < -0.39 is 0 Å². The maximum Gasteiger partial charge on any atom is 0.132 e. The first-order valence-corrected chi connectivity index (χ1v) is 3.47. The van der Waals surface area contributed by atoms with Gasteiger partial charge in [-0.05, 0) is 6.42 Å². The average Bonchev–Trinajstić information content (AvgIpc) is 2.19. The summed E-state index contributed by atoms with van der Waals surface area (Å²) < 4.78 is 0. The Morgan fingerprint density at radius 3 is 2.78 bits per heavy atom. The van der Waals surface area contributed by atoms with Crippen LogP contribution >= 0.6 is 0 Å². The summed E-state index contributed by atoms with van der Waals surface area (Å²) >= 11 is 0. The highest BCUT2D eigenvalue weighted by Gasteiger charge is 2.11. The summed E-state index contributed by atoms with van der Waals surface area (Å²) in [6.45, 7) is 7.36. The Labute approximate surface area is 63.0 Å². The molecule has 3 heteroatoms. The number of rotatable bonds is 2. The SMILES string of the molecule is CCCN1CC[NH2+]C1.[Cl-]. The topological polar surface area (TPSA) is 19.9 Å². The number of nitrogens with zero attached hydrogens (tertiary/aromatic N) is 1. The number of quaternary nitrogens is 1. The van der Waals surface area contributed by atoms with E-state index in [1.165, 1.54) is 32.7 Å². The summed E-state index contributed by atoms with van der Waals surface area (Å²) in [5.41, 5.74) is 0. The van der Waals surface area contributed by atoms with E-state index in [0.717, 1.165) is 0 Å². The highest BCUT2D eigenvalue weighted by molar-refractivity contribution is 4.52. The minimum Gasteiger partial charge on any atom is -1.00 e. The van der Waals surface area contributed by atoms with Crippen molar-refractivity contribution in [2.24, 2.45) is 0 Å². The summed E-state index contributed by atoms with van der Waals surface area (Å²) in [5, 5.41) is 2.36. The summed E-state index contributed by atoms with van der Waals surface area (Å²) in [4.78, 5) is 2.49. The maximum atomic E-state index is 2.49. The zero-order valence-electron chi connectivity index (χ0n) is 5.94. The zero-order valence-corrected chi connectivity index (χ0v) is 6.69. The lowest BCUT2D eigenvalue weighted by Crippen LogP contribution is -3.00. The molecule has 0 radical (unpaired) electrons. The van der Waals surface area contributed by atoms with Crippen LogP contribution in [0.25, 0.3) is 0 Å². The summed E-state index contributed by atoms with van der Waals surface area (Å²) in [7, 11) is 0. The van der Waals surface area contributed by atoms with Gasteiger partial charge in [-0.1, -0.05) is 6.92 Å². The van der Waals surface area contributed by atoms with Crippen LogP contribution in [0.3, 0.4) is 0 Å². The van der Waals surface area contributed by atoms with E-state index in [-0.39, 0.29) is 12.4 Å². The summed E-state index contributed by atoms with van der Waals surface area (Å²) in [6.07, 6.45) is 1.30. The molecule has 0 aromatic heterocycles. The second kappa shape index (κ2) is 5.03. The van der Waals surface area contributed by atoms with Crippen LogP contribution in [-0.2, 0) is 0 Å². The van der Waals surface area contributed by atoms with Crippen molar-refractivity contribution in [3.8, 4) is 0 Å². The predicted molar refractivity (Wildman–Crippen MR) is 33.5 cm³/mol. The Bertz CT molecular complexity index is 62.1. The van der Waals surface area contributed by atoms with Gasteiger partial charge in [0.1, 0.15) is 6.67 Å². The molecule has 2 N–H and O–H groups in total. The molecule has 9 heavy (non-hydrogen) atoms. The molecule has 0 saturated carbocycles. The Morgan fingerprint density at radius 1 is 1.56 bits per heavy atom. The van der Waals surface area contributed by atoms with Crippen LogP contribution in [0.2, 0.25) is 0 Å². The van der Waals surface area contributed by atoms with Gasteiger partial charge in [-0.15, -0.1) is 0 Å². The monoisotopic (exact) mass is 150 g/mol. The van der Waals surface area contributed by atoms with Crippen molar-refractivity contribution < 1.29 is 17.7 Å². The molecule has 56 valence electrons. The van der Waals surface area contributed by atoms with Gasteiger partial charge in [0.25, 0.3) is 0 Å². The van der Waals surface area contributed by atoms with Gasteiger partial charge >= 0.3 is 0 Å². The lowest BCUT2D eigenvalue weighted by atomic mass is 10.4. The van der Waals surface area contributed by atoms with E-state index in [1.807, 2.05) is 0 Å². The first-order chi connectivity index (χ1) is 3.93. The summed E-state index contributed by atoms with van der Waals surface area (Å²) in [6, 6.07) is 0. The number of nitrogens with two attached hydrogens (primary N) is 1. The molecule has 0 aromatic rings. The lowest BCUT2D eigenvalue weighted by Gasteiger charge is -2.06. The van der Waals surface area contributed by atoms with Crippen molar-refractivity contribution in [3.63, 3.8) is 0 Å². The molecule has 2 nitrogen and oxygen atoms in total.